The highest BCUT2D eigenvalue weighted by atomic mass is 16.3. The second-order valence-electron chi connectivity index (χ2n) is 1.81. The summed E-state index contributed by atoms with van der Waals surface area (Å²) < 4.78 is 13.7. The molecular formula is C6H8N2O2. The van der Waals surface area contributed by atoms with Crippen molar-refractivity contribution < 1.29 is 12.6 Å². The number of H-pyrrole nitrogens is 1. The van der Waals surface area contributed by atoms with Crippen LogP contribution in [0, 0.1) is 0 Å². The predicted octanol–water partition coefficient (Wildman–Crippen LogP) is 0.105. The van der Waals surface area contributed by atoms with Crippen LogP contribution in [0.5, 0.6) is 0 Å². The molecule has 1 rings (SSSR count). The summed E-state index contributed by atoms with van der Waals surface area (Å²) >= 11 is 0. The van der Waals surface area contributed by atoms with Gasteiger partial charge in [0, 0.05) is 6.92 Å². The number of hydrogen-bond acceptors (Lipinski definition) is 3. The Kier molecular flexibility index (Phi) is 1.21. The molecule has 0 saturated carbocycles. The van der Waals surface area contributed by atoms with Crippen molar-refractivity contribution in [2.75, 3.05) is 0 Å². The van der Waals surface area contributed by atoms with Gasteiger partial charge < -0.3 is 10.1 Å². The van der Waals surface area contributed by atoms with E-state index in [1.807, 2.05) is 0 Å². The molecule has 0 fully saturated rings. The molecule has 10 heavy (non-hydrogen) atoms. The molecule has 0 spiro atoms. The second-order valence-corrected chi connectivity index (χ2v) is 1.81. The van der Waals surface area contributed by atoms with Crippen LogP contribution >= 0.6 is 0 Å². The minimum atomic E-state index is -2.47. The molecule has 2 N–H and O–H groups in total. The van der Waals surface area contributed by atoms with Gasteiger partial charge in [-0.3, -0.25) is 4.79 Å². The number of hydrogen-bond donors (Lipinski definition) is 2. The number of aliphatic hydroxyl groups is 1. The summed E-state index contributed by atoms with van der Waals surface area (Å²) in [7, 11) is 0. The van der Waals surface area contributed by atoms with Crippen LogP contribution in [0.2, 0.25) is 0 Å². The van der Waals surface area contributed by atoms with E-state index in [1.54, 1.807) is 0 Å². The number of rotatable bonds is 2. The first-order valence-electron chi connectivity index (χ1n) is 3.70. The zero-order valence-electron chi connectivity index (χ0n) is 7.38. The Morgan fingerprint density at radius 2 is 2.80 bits per heavy atom. The summed E-state index contributed by atoms with van der Waals surface area (Å²) in [5.74, 6) is -0.256. The maximum absolute atomic E-state index is 10.7. The third-order valence-electron chi connectivity index (χ3n) is 1.03. The van der Waals surface area contributed by atoms with Crippen LogP contribution in [0.3, 0.4) is 0 Å². The lowest BCUT2D eigenvalue weighted by atomic mass is 10.4. The normalized spacial score (nSPS) is 14.2. The molecule has 0 amide bonds. The number of nitrogens with one attached hydrogen (secondary N) is 1. The first-order valence-corrected chi connectivity index (χ1v) is 2.70. The van der Waals surface area contributed by atoms with E-state index in [9.17, 15) is 4.79 Å². The molecule has 1 aromatic heterocycles. The highest BCUT2D eigenvalue weighted by Crippen LogP contribution is 1.96. The minimum absolute atomic E-state index is 0.0444. The van der Waals surface area contributed by atoms with Crippen molar-refractivity contribution in [3.05, 3.63) is 17.7 Å². The standard InChI is InChI=1S/C6H8N2O2/c1-4(10)6-7-2-5(3-9)8-6/h2,9H,3H2,1H3,(H,7,8)/i3D2. The first kappa shape index (κ1) is 4.62. The van der Waals surface area contributed by atoms with Gasteiger partial charge in [0.05, 0.1) is 21.2 Å². The number of carbonyl (C=O) groups excluding carboxylic acids is 1. The van der Waals surface area contributed by atoms with Gasteiger partial charge in [-0.25, -0.2) is 4.98 Å². The number of aromatic nitrogens is 2. The monoisotopic (exact) mass is 142 g/mol. The number of Topliss-reactive ketones (excluding diaryl/α,β-unsaturated/α-hetero) is 1. The van der Waals surface area contributed by atoms with Crippen LogP contribution in [0.15, 0.2) is 6.20 Å². The van der Waals surface area contributed by atoms with Crippen molar-refractivity contribution in [3.8, 4) is 0 Å². The third kappa shape index (κ3) is 1.22. The zero-order valence-corrected chi connectivity index (χ0v) is 5.38. The van der Waals surface area contributed by atoms with Crippen molar-refractivity contribution in [1.29, 1.82) is 0 Å². The Morgan fingerprint density at radius 1 is 2.10 bits per heavy atom. The number of imidazole rings is 1. The minimum Gasteiger partial charge on any atom is -0.390 e. The summed E-state index contributed by atoms with van der Waals surface area (Å²) in [5, 5.41) is 8.83. The average molecular weight is 142 g/mol. The van der Waals surface area contributed by atoms with Crippen LogP contribution in [0.4, 0.5) is 0 Å². The molecule has 0 aliphatic heterocycles. The van der Waals surface area contributed by atoms with Crippen LogP contribution in [-0.2, 0) is 6.56 Å². The fourth-order valence-electron chi connectivity index (χ4n) is 0.557. The van der Waals surface area contributed by atoms with E-state index in [2.05, 4.69) is 9.97 Å². The Hall–Kier alpha value is -1.16. The summed E-state index contributed by atoms with van der Waals surface area (Å²) in [5.41, 5.74) is -0.118. The molecule has 0 bridgehead atoms. The van der Waals surface area contributed by atoms with Gasteiger partial charge in [0.2, 0.25) is 0 Å². The molecule has 0 unspecified atom stereocenters. The van der Waals surface area contributed by atoms with Gasteiger partial charge >= 0.3 is 0 Å². The predicted molar refractivity (Wildman–Crippen MR) is 34.5 cm³/mol. The summed E-state index contributed by atoms with van der Waals surface area (Å²) in [6.45, 7) is -1.17. The van der Waals surface area contributed by atoms with Gasteiger partial charge in [-0.1, -0.05) is 0 Å². The van der Waals surface area contributed by atoms with E-state index < -0.39 is 6.56 Å². The zero-order chi connectivity index (χ0) is 9.35. The molecule has 1 heterocycles. The van der Waals surface area contributed by atoms with Gasteiger partial charge in [-0.05, 0) is 0 Å². The molecule has 4 nitrogen and oxygen atoms in total. The van der Waals surface area contributed by atoms with Gasteiger partial charge in [0.15, 0.2) is 11.6 Å². The molecule has 0 saturated heterocycles. The fraction of sp³-hybridized carbons (Fsp3) is 0.333. The van der Waals surface area contributed by atoms with Crippen LogP contribution in [0.25, 0.3) is 0 Å². The van der Waals surface area contributed by atoms with E-state index in [0.29, 0.717) is 0 Å². The fourth-order valence-corrected chi connectivity index (χ4v) is 0.557. The molecule has 0 aliphatic carbocycles. The Balaban J connectivity index is 3.00. The number of nitrogens with zero attached hydrogens (tertiary/aromatic N) is 1. The molecular weight excluding hydrogens is 132 g/mol. The molecule has 1 aromatic rings. The third-order valence-corrected chi connectivity index (χ3v) is 1.03. The first-order chi connectivity index (χ1) is 5.41. The largest absolute Gasteiger partial charge is 0.390 e. The maximum Gasteiger partial charge on any atom is 0.194 e. The van der Waals surface area contributed by atoms with Crippen molar-refractivity contribution in [2.24, 2.45) is 0 Å². The van der Waals surface area contributed by atoms with Crippen molar-refractivity contribution in [2.45, 2.75) is 13.5 Å². The molecule has 0 radical (unpaired) electrons. The lowest BCUT2D eigenvalue weighted by Crippen LogP contribution is -1.94. The second kappa shape index (κ2) is 2.62. The van der Waals surface area contributed by atoms with Gasteiger partial charge in [0.25, 0.3) is 0 Å². The lowest BCUT2D eigenvalue weighted by Gasteiger charge is -1.85. The number of aromatic amines is 1. The quantitative estimate of drug-likeness (QED) is 0.576. The van der Waals surface area contributed by atoms with Crippen LogP contribution < -0.4 is 0 Å². The Morgan fingerprint density at radius 3 is 3.10 bits per heavy atom. The molecule has 0 aliphatic rings. The van der Waals surface area contributed by atoms with Gasteiger partial charge in [-0.15, -0.1) is 0 Å². The summed E-state index contributed by atoms with van der Waals surface area (Å²) in [6.07, 6.45) is 1.09. The smallest absolute Gasteiger partial charge is 0.194 e. The van der Waals surface area contributed by atoms with Crippen LogP contribution in [-0.4, -0.2) is 20.9 Å². The van der Waals surface area contributed by atoms with E-state index in [1.165, 1.54) is 6.92 Å². The lowest BCUT2D eigenvalue weighted by molar-refractivity contribution is 0.100. The van der Waals surface area contributed by atoms with Crippen molar-refractivity contribution >= 4 is 5.78 Å². The molecule has 0 aromatic carbocycles. The SMILES string of the molecule is [2H]C([2H])(O)c1cnc(C(C)=O)[nH]1. The van der Waals surface area contributed by atoms with Crippen LogP contribution in [0.1, 0.15) is 26.0 Å². The maximum atomic E-state index is 10.7. The van der Waals surface area contributed by atoms with E-state index in [4.69, 9.17) is 7.85 Å². The van der Waals surface area contributed by atoms with Gasteiger partial charge in [-0.2, -0.15) is 0 Å². The highest BCUT2D eigenvalue weighted by molar-refractivity contribution is 5.90. The van der Waals surface area contributed by atoms with E-state index in [-0.39, 0.29) is 17.3 Å². The summed E-state index contributed by atoms with van der Waals surface area (Å²) in [6, 6.07) is 0. The van der Waals surface area contributed by atoms with Crippen molar-refractivity contribution in [3.63, 3.8) is 0 Å². The molecule has 4 heteroatoms. The number of ketones is 1. The molecule has 54 valence electrons. The Labute approximate surface area is 60.7 Å². The Bertz CT molecular complexity index is 303. The topological polar surface area (TPSA) is 66.0 Å². The molecule has 0 atom stereocenters. The average Bonchev–Trinajstić information content (AvgIpc) is 2.30. The van der Waals surface area contributed by atoms with Crippen molar-refractivity contribution in [1.82, 2.24) is 9.97 Å². The van der Waals surface area contributed by atoms with E-state index >= 15 is 0 Å². The summed E-state index contributed by atoms with van der Waals surface area (Å²) in [4.78, 5) is 16.6. The van der Waals surface area contributed by atoms with Gasteiger partial charge in [0.1, 0.15) is 0 Å². The van der Waals surface area contributed by atoms with E-state index in [0.717, 1.165) is 6.20 Å². The number of carbonyl (C=O) groups is 1. The highest BCUT2D eigenvalue weighted by Gasteiger charge is 2.02.